The van der Waals surface area contributed by atoms with Gasteiger partial charge in [-0.3, -0.25) is 0 Å². The molecule has 2 heteroatoms. The van der Waals surface area contributed by atoms with Crippen molar-refractivity contribution < 1.29 is 0 Å². The fourth-order valence-corrected chi connectivity index (χ4v) is 2.75. The molecule has 0 spiro atoms. The summed E-state index contributed by atoms with van der Waals surface area (Å²) in [7, 11) is 0. The molecule has 0 bridgehead atoms. The van der Waals surface area contributed by atoms with Gasteiger partial charge < -0.3 is 10.2 Å². The van der Waals surface area contributed by atoms with Gasteiger partial charge in [0.15, 0.2) is 0 Å². The maximum Gasteiger partial charge on any atom is 0.0417 e. The van der Waals surface area contributed by atoms with E-state index in [1.807, 2.05) is 0 Å². The van der Waals surface area contributed by atoms with E-state index in [0.29, 0.717) is 6.04 Å². The number of likely N-dealkylation sites (N-methyl/N-ethyl adjacent to an activating group) is 1. The standard InChI is InChI=1S/C15H24N2/c1-4-17(14-7-5-12(2)6-8-14)15-9-13(3)10-16-11-15/h5-8,13,15-16H,4,9-11H2,1-3H3. The Morgan fingerprint density at radius 3 is 2.53 bits per heavy atom. The van der Waals surface area contributed by atoms with Crippen molar-refractivity contribution in [1.29, 1.82) is 0 Å². The van der Waals surface area contributed by atoms with E-state index in [1.165, 1.54) is 24.2 Å². The van der Waals surface area contributed by atoms with Crippen LogP contribution < -0.4 is 10.2 Å². The molecule has 0 radical (unpaired) electrons. The van der Waals surface area contributed by atoms with Crippen LogP contribution in [0.4, 0.5) is 5.69 Å². The zero-order chi connectivity index (χ0) is 12.3. The maximum absolute atomic E-state index is 3.54. The van der Waals surface area contributed by atoms with Crippen LogP contribution in [0.15, 0.2) is 24.3 Å². The molecule has 2 nitrogen and oxygen atoms in total. The largest absolute Gasteiger partial charge is 0.368 e. The quantitative estimate of drug-likeness (QED) is 0.862. The predicted molar refractivity (Wildman–Crippen MR) is 74.6 cm³/mol. The van der Waals surface area contributed by atoms with Gasteiger partial charge in [0.25, 0.3) is 0 Å². The molecule has 1 heterocycles. The van der Waals surface area contributed by atoms with E-state index < -0.39 is 0 Å². The molecule has 1 aromatic carbocycles. The molecule has 0 aliphatic carbocycles. The van der Waals surface area contributed by atoms with Gasteiger partial charge in [0.1, 0.15) is 0 Å². The summed E-state index contributed by atoms with van der Waals surface area (Å²) in [6, 6.07) is 9.55. The molecule has 1 N–H and O–H groups in total. The van der Waals surface area contributed by atoms with E-state index in [2.05, 4.69) is 55.3 Å². The van der Waals surface area contributed by atoms with Gasteiger partial charge in [-0.05, 0) is 44.9 Å². The summed E-state index contributed by atoms with van der Waals surface area (Å²) in [5.41, 5.74) is 2.69. The highest BCUT2D eigenvalue weighted by Crippen LogP contribution is 2.22. The number of hydrogen-bond acceptors (Lipinski definition) is 2. The van der Waals surface area contributed by atoms with Crippen LogP contribution in [0.1, 0.15) is 25.8 Å². The average Bonchev–Trinajstić information content (AvgIpc) is 2.33. The maximum atomic E-state index is 3.54. The third-order valence-electron chi connectivity index (χ3n) is 3.69. The molecule has 0 amide bonds. The lowest BCUT2D eigenvalue weighted by molar-refractivity contribution is 0.350. The van der Waals surface area contributed by atoms with Crippen LogP contribution in [-0.4, -0.2) is 25.7 Å². The highest BCUT2D eigenvalue weighted by Gasteiger charge is 2.23. The molecule has 2 unspecified atom stereocenters. The summed E-state index contributed by atoms with van der Waals surface area (Å²) < 4.78 is 0. The Bertz CT molecular complexity index is 344. The normalized spacial score (nSPS) is 24.6. The summed E-state index contributed by atoms with van der Waals surface area (Å²) in [5, 5.41) is 3.54. The summed E-state index contributed by atoms with van der Waals surface area (Å²) in [5.74, 6) is 0.785. The van der Waals surface area contributed by atoms with Gasteiger partial charge in [-0.2, -0.15) is 0 Å². The Kier molecular flexibility index (Phi) is 4.06. The molecule has 0 saturated carbocycles. The number of benzene rings is 1. The summed E-state index contributed by atoms with van der Waals surface area (Å²) in [4.78, 5) is 2.53. The van der Waals surface area contributed by atoms with E-state index >= 15 is 0 Å². The number of nitrogens with one attached hydrogen (secondary N) is 1. The molecule has 1 fully saturated rings. The molecular weight excluding hydrogens is 208 g/mol. The second-order valence-corrected chi connectivity index (χ2v) is 5.27. The first-order chi connectivity index (χ1) is 8.20. The van der Waals surface area contributed by atoms with E-state index in [4.69, 9.17) is 0 Å². The van der Waals surface area contributed by atoms with Crippen LogP contribution >= 0.6 is 0 Å². The molecule has 94 valence electrons. The molecule has 1 aliphatic heterocycles. The van der Waals surface area contributed by atoms with Crippen LogP contribution in [0.25, 0.3) is 0 Å². The van der Waals surface area contributed by atoms with Crippen molar-refractivity contribution in [1.82, 2.24) is 5.32 Å². The van der Waals surface area contributed by atoms with Gasteiger partial charge in [0, 0.05) is 24.8 Å². The number of anilines is 1. The molecule has 17 heavy (non-hydrogen) atoms. The van der Waals surface area contributed by atoms with E-state index in [9.17, 15) is 0 Å². The Labute approximate surface area is 105 Å². The Morgan fingerprint density at radius 1 is 1.24 bits per heavy atom. The molecule has 2 rings (SSSR count). The zero-order valence-electron chi connectivity index (χ0n) is 11.2. The fraction of sp³-hybridized carbons (Fsp3) is 0.600. The average molecular weight is 232 g/mol. The second kappa shape index (κ2) is 5.54. The Morgan fingerprint density at radius 2 is 1.94 bits per heavy atom. The third kappa shape index (κ3) is 3.01. The lowest BCUT2D eigenvalue weighted by Gasteiger charge is -2.38. The first-order valence-electron chi connectivity index (χ1n) is 6.74. The van der Waals surface area contributed by atoms with Crippen molar-refractivity contribution in [2.75, 3.05) is 24.5 Å². The van der Waals surface area contributed by atoms with Gasteiger partial charge in [-0.15, -0.1) is 0 Å². The third-order valence-corrected chi connectivity index (χ3v) is 3.69. The molecule has 1 aromatic rings. The number of rotatable bonds is 3. The van der Waals surface area contributed by atoms with Gasteiger partial charge in [-0.25, -0.2) is 0 Å². The monoisotopic (exact) mass is 232 g/mol. The molecule has 1 saturated heterocycles. The van der Waals surface area contributed by atoms with Crippen LogP contribution in [0.3, 0.4) is 0 Å². The van der Waals surface area contributed by atoms with Crippen LogP contribution in [0.5, 0.6) is 0 Å². The predicted octanol–water partition coefficient (Wildman–Crippen LogP) is 2.82. The SMILES string of the molecule is CCN(c1ccc(C)cc1)C1CNCC(C)C1. The zero-order valence-corrected chi connectivity index (χ0v) is 11.2. The lowest BCUT2D eigenvalue weighted by Crippen LogP contribution is -2.48. The minimum absolute atomic E-state index is 0.645. The van der Waals surface area contributed by atoms with Gasteiger partial charge >= 0.3 is 0 Å². The van der Waals surface area contributed by atoms with Gasteiger partial charge in [0.2, 0.25) is 0 Å². The van der Waals surface area contributed by atoms with E-state index in [-0.39, 0.29) is 0 Å². The van der Waals surface area contributed by atoms with Crippen molar-refractivity contribution in [2.45, 2.75) is 33.2 Å². The highest BCUT2D eigenvalue weighted by atomic mass is 15.2. The smallest absolute Gasteiger partial charge is 0.0417 e. The van der Waals surface area contributed by atoms with Crippen LogP contribution in [0, 0.1) is 12.8 Å². The summed E-state index contributed by atoms with van der Waals surface area (Å²) >= 11 is 0. The number of hydrogen-bond donors (Lipinski definition) is 1. The topological polar surface area (TPSA) is 15.3 Å². The number of nitrogens with zero attached hydrogens (tertiary/aromatic N) is 1. The Hall–Kier alpha value is -1.02. The van der Waals surface area contributed by atoms with Crippen molar-refractivity contribution >= 4 is 5.69 Å². The first kappa shape index (κ1) is 12.4. The van der Waals surface area contributed by atoms with Crippen molar-refractivity contribution in [3.05, 3.63) is 29.8 Å². The van der Waals surface area contributed by atoms with Gasteiger partial charge in [0.05, 0.1) is 0 Å². The second-order valence-electron chi connectivity index (χ2n) is 5.27. The summed E-state index contributed by atoms with van der Waals surface area (Å²) in [6.45, 7) is 10.1. The highest BCUT2D eigenvalue weighted by molar-refractivity contribution is 5.48. The van der Waals surface area contributed by atoms with Gasteiger partial charge in [-0.1, -0.05) is 24.6 Å². The Balaban J connectivity index is 2.12. The minimum Gasteiger partial charge on any atom is -0.368 e. The van der Waals surface area contributed by atoms with Crippen molar-refractivity contribution in [2.24, 2.45) is 5.92 Å². The van der Waals surface area contributed by atoms with E-state index in [0.717, 1.165) is 19.0 Å². The number of piperidine rings is 1. The molecule has 0 aromatic heterocycles. The molecule has 1 aliphatic rings. The molecular formula is C15H24N2. The van der Waals surface area contributed by atoms with Crippen molar-refractivity contribution in [3.8, 4) is 0 Å². The fourth-order valence-electron chi connectivity index (χ4n) is 2.75. The summed E-state index contributed by atoms with van der Waals surface area (Å²) in [6.07, 6.45) is 1.30. The molecule has 2 atom stereocenters. The van der Waals surface area contributed by atoms with Crippen molar-refractivity contribution in [3.63, 3.8) is 0 Å². The first-order valence-corrected chi connectivity index (χ1v) is 6.74. The lowest BCUT2D eigenvalue weighted by atomic mass is 9.96. The van der Waals surface area contributed by atoms with E-state index in [1.54, 1.807) is 0 Å². The van der Waals surface area contributed by atoms with Crippen LogP contribution in [-0.2, 0) is 0 Å². The minimum atomic E-state index is 0.645. The van der Waals surface area contributed by atoms with Crippen LogP contribution in [0.2, 0.25) is 0 Å². The number of aryl methyl sites for hydroxylation is 1.